The first-order chi connectivity index (χ1) is 4.88. The molecule has 0 aromatic rings. The summed E-state index contributed by atoms with van der Waals surface area (Å²) in [5, 5.41) is 3.27. The van der Waals surface area contributed by atoms with Gasteiger partial charge in [-0.05, 0) is 12.3 Å². The van der Waals surface area contributed by atoms with Crippen molar-refractivity contribution in [3.63, 3.8) is 0 Å². The largest absolute Gasteiger partial charge is 0.352 e. The fourth-order valence-electron chi connectivity index (χ4n) is 0.497. The molecule has 0 radical (unpaired) electrons. The van der Waals surface area contributed by atoms with Crippen molar-refractivity contribution in [2.24, 2.45) is 5.41 Å². The van der Waals surface area contributed by atoms with E-state index in [0.717, 1.165) is 0 Å². The van der Waals surface area contributed by atoms with E-state index in [4.69, 9.17) is 0 Å². The van der Waals surface area contributed by atoms with E-state index in [0.29, 0.717) is 5.33 Å². The molecule has 0 aliphatic rings. The molecule has 0 spiro atoms. The van der Waals surface area contributed by atoms with E-state index >= 15 is 0 Å². The van der Waals surface area contributed by atoms with Gasteiger partial charge in [0.25, 0.3) is 0 Å². The zero-order valence-corrected chi connectivity index (χ0v) is 9.16. The minimum Gasteiger partial charge on any atom is -0.352 e. The number of halogens is 1. The molecule has 1 unspecified atom stereocenters. The Morgan fingerprint density at radius 2 is 2.00 bits per heavy atom. The van der Waals surface area contributed by atoms with E-state index in [1.165, 1.54) is 0 Å². The van der Waals surface area contributed by atoms with Crippen molar-refractivity contribution >= 4 is 21.8 Å². The van der Waals surface area contributed by atoms with Crippen LogP contribution in [0.3, 0.4) is 0 Å². The van der Waals surface area contributed by atoms with Crippen molar-refractivity contribution in [3.8, 4) is 0 Å². The van der Waals surface area contributed by atoms with E-state index < -0.39 is 0 Å². The van der Waals surface area contributed by atoms with Crippen molar-refractivity contribution in [2.75, 3.05) is 5.33 Å². The Morgan fingerprint density at radius 3 is 2.27 bits per heavy atom. The maximum Gasteiger partial charge on any atom is 0.230 e. The molecule has 0 rings (SSSR count). The highest BCUT2D eigenvalue weighted by Crippen LogP contribution is 2.18. The minimum atomic E-state index is 0.0485. The molecular weight excluding hydrogens is 206 g/mol. The van der Waals surface area contributed by atoms with Gasteiger partial charge in [0.05, 0.1) is 5.33 Å². The van der Waals surface area contributed by atoms with Gasteiger partial charge >= 0.3 is 0 Å². The highest BCUT2D eigenvalue weighted by atomic mass is 79.9. The molecule has 0 heterocycles. The first-order valence-corrected chi connectivity index (χ1v) is 4.85. The first kappa shape index (κ1) is 11.0. The molecule has 0 saturated heterocycles. The third-order valence-corrected chi connectivity index (χ3v) is 2.31. The van der Waals surface area contributed by atoms with E-state index in [2.05, 4.69) is 42.0 Å². The van der Waals surface area contributed by atoms with Gasteiger partial charge in [-0.15, -0.1) is 0 Å². The van der Waals surface area contributed by atoms with Gasteiger partial charge in [-0.1, -0.05) is 36.7 Å². The number of nitrogens with one attached hydrogen (secondary N) is 1. The molecule has 0 aliphatic heterocycles. The van der Waals surface area contributed by atoms with Crippen molar-refractivity contribution in [1.82, 2.24) is 5.32 Å². The van der Waals surface area contributed by atoms with E-state index in [-0.39, 0.29) is 17.4 Å². The summed E-state index contributed by atoms with van der Waals surface area (Å²) >= 11 is 3.10. The average molecular weight is 222 g/mol. The van der Waals surface area contributed by atoms with Crippen LogP contribution in [-0.2, 0) is 4.79 Å². The van der Waals surface area contributed by atoms with Crippen molar-refractivity contribution in [3.05, 3.63) is 0 Å². The van der Waals surface area contributed by atoms with Gasteiger partial charge in [-0.25, -0.2) is 0 Å². The minimum absolute atomic E-state index is 0.0485. The summed E-state index contributed by atoms with van der Waals surface area (Å²) in [6.07, 6.45) is 0. The summed E-state index contributed by atoms with van der Waals surface area (Å²) in [5.74, 6) is 0.0485. The Bertz CT molecular complexity index is 140. The van der Waals surface area contributed by atoms with Crippen LogP contribution in [-0.4, -0.2) is 17.3 Å². The lowest BCUT2D eigenvalue weighted by Gasteiger charge is -2.27. The standard InChI is InChI=1S/C8H16BrNO/c1-6(8(2,3)4)10-7(11)5-9/h6H,5H2,1-4H3,(H,10,11). The number of carbonyl (C=O) groups excluding carboxylic acids is 1. The second-order valence-corrected chi connectivity index (χ2v) is 4.35. The number of amides is 1. The molecule has 0 saturated carbocycles. The molecule has 1 amide bonds. The van der Waals surface area contributed by atoms with Crippen LogP contribution < -0.4 is 5.32 Å². The van der Waals surface area contributed by atoms with Crippen LogP contribution >= 0.6 is 15.9 Å². The molecule has 66 valence electrons. The molecule has 1 N–H and O–H groups in total. The number of rotatable bonds is 2. The van der Waals surface area contributed by atoms with E-state index in [9.17, 15) is 4.79 Å². The molecule has 0 fully saturated rings. The second kappa shape index (κ2) is 4.10. The SMILES string of the molecule is CC(NC(=O)CBr)C(C)(C)C. The van der Waals surface area contributed by atoms with Crippen molar-refractivity contribution in [2.45, 2.75) is 33.7 Å². The lowest BCUT2D eigenvalue weighted by molar-refractivity contribution is -0.119. The summed E-state index contributed by atoms with van der Waals surface area (Å²) < 4.78 is 0. The molecule has 3 heteroatoms. The molecule has 0 aromatic heterocycles. The quantitative estimate of drug-likeness (QED) is 0.710. The fraction of sp³-hybridized carbons (Fsp3) is 0.875. The Balaban J connectivity index is 3.87. The van der Waals surface area contributed by atoms with Crippen LogP contribution in [0.25, 0.3) is 0 Å². The summed E-state index contributed by atoms with van der Waals surface area (Å²) in [6, 6.07) is 0.215. The van der Waals surface area contributed by atoms with Crippen LogP contribution in [0, 0.1) is 5.41 Å². The molecule has 11 heavy (non-hydrogen) atoms. The number of carbonyl (C=O) groups is 1. The van der Waals surface area contributed by atoms with Crippen LogP contribution in [0.5, 0.6) is 0 Å². The molecule has 0 bridgehead atoms. The Kier molecular flexibility index (Phi) is 4.08. The Hall–Kier alpha value is -0.0500. The van der Waals surface area contributed by atoms with E-state index in [1.807, 2.05) is 6.92 Å². The van der Waals surface area contributed by atoms with Gasteiger partial charge in [0.1, 0.15) is 0 Å². The van der Waals surface area contributed by atoms with Gasteiger partial charge < -0.3 is 5.32 Å². The predicted octanol–water partition coefficient (Wildman–Crippen LogP) is 1.93. The second-order valence-electron chi connectivity index (χ2n) is 3.79. The van der Waals surface area contributed by atoms with Crippen LogP contribution in [0.15, 0.2) is 0 Å². The Morgan fingerprint density at radius 1 is 1.55 bits per heavy atom. The van der Waals surface area contributed by atoms with Gasteiger partial charge in [-0.2, -0.15) is 0 Å². The van der Waals surface area contributed by atoms with Gasteiger partial charge in [0.2, 0.25) is 5.91 Å². The normalized spacial score (nSPS) is 14.3. The van der Waals surface area contributed by atoms with Gasteiger partial charge in [-0.3, -0.25) is 4.79 Å². The number of alkyl halides is 1. The molecule has 2 nitrogen and oxygen atoms in total. The number of hydrogen-bond acceptors (Lipinski definition) is 1. The molecule has 1 atom stereocenters. The van der Waals surface area contributed by atoms with Gasteiger partial charge in [0.15, 0.2) is 0 Å². The smallest absolute Gasteiger partial charge is 0.230 e. The Labute approximate surface area is 76.9 Å². The monoisotopic (exact) mass is 221 g/mol. The third kappa shape index (κ3) is 4.40. The summed E-state index contributed by atoms with van der Waals surface area (Å²) in [6.45, 7) is 8.32. The maximum atomic E-state index is 10.9. The van der Waals surface area contributed by atoms with Crippen molar-refractivity contribution < 1.29 is 4.79 Å². The van der Waals surface area contributed by atoms with E-state index in [1.54, 1.807) is 0 Å². The predicted molar refractivity (Wildman–Crippen MR) is 50.9 cm³/mol. The topological polar surface area (TPSA) is 29.1 Å². The first-order valence-electron chi connectivity index (χ1n) is 3.73. The van der Waals surface area contributed by atoms with Gasteiger partial charge in [0, 0.05) is 6.04 Å². The summed E-state index contributed by atoms with van der Waals surface area (Å²) in [5.41, 5.74) is 0.137. The lowest BCUT2D eigenvalue weighted by Crippen LogP contribution is -2.41. The van der Waals surface area contributed by atoms with Crippen molar-refractivity contribution in [1.29, 1.82) is 0 Å². The van der Waals surface area contributed by atoms with Crippen LogP contribution in [0.2, 0.25) is 0 Å². The maximum absolute atomic E-state index is 10.9. The van der Waals surface area contributed by atoms with Crippen LogP contribution in [0.4, 0.5) is 0 Å². The van der Waals surface area contributed by atoms with Crippen LogP contribution in [0.1, 0.15) is 27.7 Å². The number of hydrogen-bond donors (Lipinski definition) is 1. The molecular formula is C8H16BrNO. The summed E-state index contributed by atoms with van der Waals surface area (Å²) in [7, 11) is 0. The third-order valence-electron chi connectivity index (χ3n) is 1.80. The average Bonchev–Trinajstić information content (AvgIpc) is 1.85. The molecule has 0 aromatic carbocycles. The zero-order chi connectivity index (χ0) is 9.07. The highest BCUT2D eigenvalue weighted by molar-refractivity contribution is 9.09. The zero-order valence-electron chi connectivity index (χ0n) is 7.57. The fourth-order valence-corrected chi connectivity index (χ4v) is 0.658. The highest BCUT2D eigenvalue weighted by Gasteiger charge is 2.20. The summed E-state index contributed by atoms with van der Waals surface area (Å²) in [4.78, 5) is 10.9. The lowest BCUT2D eigenvalue weighted by atomic mass is 9.88. The molecule has 0 aliphatic carbocycles.